The van der Waals surface area contributed by atoms with E-state index in [-0.39, 0.29) is 24.8 Å². The smallest absolute Gasteiger partial charge is 0.322 e. The molecule has 0 fully saturated rings. The van der Waals surface area contributed by atoms with E-state index in [1.807, 2.05) is 0 Å². The van der Waals surface area contributed by atoms with Gasteiger partial charge in [-0.25, -0.2) is 4.39 Å². The van der Waals surface area contributed by atoms with Gasteiger partial charge in [-0.05, 0) is 31.2 Å². The van der Waals surface area contributed by atoms with Crippen LogP contribution in [-0.4, -0.2) is 48.6 Å². The minimum atomic E-state index is -1.07. The summed E-state index contributed by atoms with van der Waals surface area (Å²) in [7, 11) is 1.77. The van der Waals surface area contributed by atoms with Gasteiger partial charge in [-0.15, -0.1) is 0 Å². The zero-order valence-corrected chi connectivity index (χ0v) is 10.7. The lowest BCUT2D eigenvalue weighted by atomic mass is 10.1. The third-order valence-corrected chi connectivity index (χ3v) is 2.55. The number of carboxylic acid groups (broad SMARTS) is 1. The molecule has 0 aliphatic rings. The minimum absolute atomic E-state index is 0.133. The first kappa shape index (κ1) is 15.1. The molecule has 104 valence electrons. The molecule has 0 aliphatic carbocycles. The van der Waals surface area contributed by atoms with Crippen molar-refractivity contribution in [2.45, 2.75) is 6.42 Å². The molecule has 0 atom stereocenters. The molecule has 0 heterocycles. The predicted octanol–water partition coefficient (Wildman–Crippen LogP) is 0.501. The van der Waals surface area contributed by atoms with Crippen LogP contribution in [0.25, 0.3) is 0 Å². The Balaban J connectivity index is 2.27. The number of halogens is 1. The van der Waals surface area contributed by atoms with E-state index in [1.165, 1.54) is 12.1 Å². The molecular weight excluding hydrogens is 251 g/mol. The molecule has 0 spiro atoms. The van der Waals surface area contributed by atoms with Crippen LogP contribution in [0.3, 0.4) is 0 Å². The van der Waals surface area contributed by atoms with Crippen LogP contribution in [-0.2, 0) is 16.0 Å². The van der Waals surface area contributed by atoms with E-state index < -0.39 is 5.97 Å². The Morgan fingerprint density at radius 1 is 1.32 bits per heavy atom. The van der Waals surface area contributed by atoms with Crippen LogP contribution < -0.4 is 5.32 Å². The number of amides is 1. The lowest BCUT2D eigenvalue weighted by Gasteiger charge is -2.15. The predicted molar refractivity (Wildman–Crippen MR) is 68.2 cm³/mol. The summed E-state index contributed by atoms with van der Waals surface area (Å²) in [6, 6.07) is 6.20. The summed E-state index contributed by atoms with van der Waals surface area (Å²) in [5.74, 6) is -1.67. The Morgan fingerprint density at radius 2 is 1.95 bits per heavy atom. The van der Waals surface area contributed by atoms with Crippen LogP contribution in [0.5, 0.6) is 0 Å². The molecule has 0 radical (unpaired) electrons. The number of rotatable bonds is 7. The number of carbonyl (C=O) groups is 2. The standard InChI is InChI=1S/C13H17FN2O3/c1-16(9-12(17)15-8-13(18)19)7-6-10-2-4-11(14)5-3-10/h2-5H,6-9H2,1H3,(H,15,17)(H,18,19). The third kappa shape index (κ3) is 6.52. The van der Waals surface area contributed by atoms with Crippen LogP contribution in [0.4, 0.5) is 4.39 Å². The van der Waals surface area contributed by atoms with E-state index in [0.29, 0.717) is 13.0 Å². The Morgan fingerprint density at radius 3 is 2.53 bits per heavy atom. The second-order valence-corrected chi connectivity index (χ2v) is 4.28. The zero-order chi connectivity index (χ0) is 14.3. The van der Waals surface area contributed by atoms with Crippen molar-refractivity contribution in [2.75, 3.05) is 26.7 Å². The summed E-state index contributed by atoms with van der Waals surface area (Å²) >= 11 is 0. The van der Waals surface area contributed by atoms with Gasteiger partial charge in [0.25, 0.3) is 0 Å². The summed E-state index contributed by atoms with van der Waals surface area (Å²) in [5, 5.41) is 10.7. The summed E-state index contributed by atoms with van der Waals surface area (Å²) in [6.45, 7) is 0.394. The van der Waals surface area contributed by atoms with Gasteiger partial charge in [0.1, 0.15) is 12.4 Å². The van der Waals surface area contributed by atoms with Crippen molar-refractivity contribution in [3.63, 3.8) is 0 Å². The highest BCUT2D eigenvalue weighted by Crippen LogP contribution is 2.03. The van der Waals surface area contributed by atoms with Gasteiger partial charge < -0.3 is 10.4 Å². The second-order valence-electron chi connectivity index (χ2n) is 4.28. The van der Waals surface area contributed by atoms with Crippen molar-refractivity contribution in [1.29, 1.82) is 0 Å². The van der Waals surface area contributed by atoms with Crippen molar-refractivity contribution in [1.82, 2.24) is 10.2 Å². The number of hydrogen-bond donors (Lipinski definition) is 2. The number of aliphatic carboxylic acids is 1. The number of likely N-dealkylation sites (N-methyl/N-ethyl adjacent to an activating group) is 1. The van der Waals surface area contributed by atoms with Gasteiger partial charge in [0, 0.05) is 6.54 Å². The van der Waals surface area contributed by atoms with Crippen LogP contribution in [0, 0.1) is 5.82 Å². The summed E-state index contributed by atoms with van der Waals surface area (Å²) in [4.78, 5) is 23.4. The average Bonchev–Trinajstić information content (AvgIpc) is 2.36. The fraction of sp³-hybridized carbons (Fsp3) is 0.385. The maximum absolute atomic E-state index is 12.7. The van der Waals surface area contributed by atoms with Gasteiger partial charge in [0.15, 0.2) is 0 Å². The number of nitrogens with zero attached hydrogens (tertiary/aromatic N) is 1. The molecule has 0 aromatic heterocycles. The molecular formula is C13H17FN2O3. The zero-order valence-electron chi connectivity index (χ0n) is 10.7. The Hall–Kier alpha value is -1.95. The number of hydrogen-bond acceptors (Lipinski definition) is 3. The Labute approximate surface area is 111 Å². The topological polar surface area (TPSA) is 69.6 Å². The molecule has 19 heavy (non-hydrogen) atoms. The molecule has 5 nitrogen and oxygen atoms in total. The minimum Gasteiger partial charge on any atom is -0.480 e. The number of nitrogens with one attached hydrogen (secondary N) is 1. The molecule has 0 saturated carbocycles. The van der Waals surface area contributed by atoms with E-state index in [9.17, 15) is 14.0 Å². The lowest BCUT2D eigenvalue weighted by Crippen LogP contribution is -2.38. The maximum Gasteiger partial charge on any atom is 0.322 e. The van der Waals surface area contributed by atoms with Crippen LogP contribution in [0.2, 0.25) is 0 Å². The molecule has 6 heteroatoms. The summed E-state index contributed by atoms with van der Waals surface area (Å²) in [6.07, 6.45) is 0.697. The van der Waals surface area contributed by atoms with Gasteiger partial charge in [0.2, 0.25) is 5.91 Å². The van der Waals surface area contributed by atoms with Crippen LogP contribution in [0.15, 0.2) is 24.3 Å². The third-order valence-electron chi connectivity index (χ3n) is 2.55. The molecule has 1 amide bonds. The van der Waals surface area contributed by atoms with E-state index in [4.69, 9.17) is 5.11 Å². The molecule has 2 N–H and O–H groups in total. The van der Waals surface area contributed by atoms with E-state index in [2.05, 4.69) is 5.32 Å². The van der Waals surface area contributed by atoms with Crippen LogP contribution >= 0.6 is 0 Å². The molecule has 0 bridgehead atoms. The Bertz CT molecular complexity index is 434. The normalized spacial score (nSPS) is 10.5. The Kier molecular flexibility index (Phi) is 5.95. The van der Waals surface area contributed by atoms with Crippen LogP contribution in [0.1, 0.15) is 5.56 Å². The first-order chi connectivity index (χ1) is 8.97. The molecule has 1 aromatic rings. The first-order valence-electron chi connectivity index (χ1n) is 5.89. The van der Waals surface area contributed by atoms with Crippen molar-refractivity contribution < 1.29 is 19.1 Å². The highest BCUT2D eigenvalue weighted by Gasteiger charge is 2.07. The van der Waals surface area contributed by atoms with Gasteiger partial charge >= 0.3 is 5.97 Å². The van der Waals surface area contributed by atoms with Gasteiger partial charge in [-0.1, -0.05) is 12.1 Å². The van der Waals surface area contributed by atoms with Gasteiger partial charge in [-0.2, -0.15) is 0 Å². The summed E-state index contributed by atoms with van der Waals surface area (Å²) in [5.41, 5.74) is 0.985. The highest BCUT2D eigenvalue weighted by molar-refractivity contribution is 5.82. The molecule has 0 aliphatic heterocycles. The highest BCUT2D eigenvalue weighted by atomic mass is 19.1. The molecule has 1 aromatic carbocycles. The first-order valence-corrected chi connectivity index (χ1v) is 5.89. The number of benzene rings is 1. The number of carboxylic acids is 1. The SMILES string of the molecule is CN(CCc1ccc(F)cc1)CC(=O)NCC(=O)O. The van der Waals surface area contributed by atoms with E-state index in [1.54, 1.807) is 24.1 Å². The fourth-order valence-corrected chi connectivity index (χ4v) is 1.53. The molecule has 1 rings (SSSR count). The fourth-order valence-electron chi connectivity index (χ4n) is 1.53. The number of carbonyl (C=O) groups excluding carboxylic acids is 1. The van der Waals surface area contributed by atoms with Crippen molar-refractivity contribution in [3.8, 4) is 0 Å². The quantitative estimate of drug-likeness (QED) is 0.755. The van der Waals surface area contributed by atoms with Crippen molar-refractivity contribution in [3.05, 3.63) is 35.6 Å². The monoisotopic (exact) mass is 268 g/mol. The average molecular weight is 268 g/mol. The largest absolute Gasteiger partial charge is 0.480 e. The van der Waals surface area contributed by atoms with Crippen molar-refractivity contribution in [2.24, 2.45) is 0 Å². The lowest BCUT2D eigenvalue weighted by molar-refractivity contribution is -0.138. The maximum atomic E-state index is 12.7. The molecule has 0 unspecified atom stereocenters. The molecule has 0 saturated heterocycles. The van der Waals surface area contributed by atoms with E-state index in [0.717, 1.165) is 5.56 Å². The van der Waals surface area contributed by atoms with Crippen molar-refractivity contribution >= 4 is 11.9 Å². The van der Waals surface area contributed by atoms with Gasteiger partial charge in [0.05, 0.1) is 6.54 Å². The van der Waals surface area contributed by atoms with E-state index >= 15 is 0 Å². The second kappa shape index (κ2) is 7.48. The summed E-state index contributed by atoms with van der Waals surface area (Å²) < 4.78 is 12.7. The van der Waals surface area contributed by atoms with Gasteiger partial charge in [-0.3, -0.25) is 14.5 Å².